The lowest BCUT2D eigenvalue weighted by molar-refractivity contribution is -0.116. The number of benzene rings is 2. The van der Waals surface area contributed by atoms with Crippen LogP contribution in [0.25, 0.3) is 5.69 Å². The van der Waals surface area contributed by atoms with Crippen molar-refractivity contribution < 1.29 is 9.18 Å². The largest absolute Gasteiger partial charge is 0.352 e. The van der Waals surface area contributed by atoms with E-state index in [0.29, 0.717) is 11.7 Å². The molecule has 0 unspecified atom stereocenters. The van der Waals surface area contributed by atoms with Gasteiger partial charge in [-0.15, -0.1) is 0 Å². The van der Waals surface area contributed by atoms with Crippen LogP contribution in [0.3, 0.4) is 0 Å². The van der Waals surface area contributed by atoms with E-state index in [0.717, 1.165) is 32.8 Å². The van der Waals surface area contributed by atoms with Crippen molar-refractivity contribution in [1.82, 2.24) is 19.8 Å². The Kier molecular flexibility index (Phi) is 7.58. The normalized spacial score (nSPS) is 16.9. The fraction of sp³-hybridized carbons (Fsp3) is 0.207. The lowest BCUT2D eigenvalue weighted by atomic mass is 9.96. The number of carbonyl (C=O) groups is 1. The molecule has 194 valence electrons. The Morgan fingerprint density at radius 3 is 2.55 bits per heavy atom. The number of halogens is 2. The van der Waals surface area contributed by atoms with Crippen LogP contribution in [-0.2, 0) is 4.79 Å². The first-order chi connectivity index (χ1) is 18.3. The van der Waals surface area contributed by atoms with Gasteiger partial charge in [0, 0.05) is 40.7 Å². The van der Waals surface area contributed by atoms with Gasteiger partial charge in [0.05, 0.1) is 23.5 Å². The lowest BCUT2D eigenvalue weighted by Crippen LogP contribution is -2.33. The van der Waals surface area contributed by atoms with Gasteiger partial charge >= 0.3 is 0 Å². The molecule has 0 bridgehead atoms. The Balaban J connectivity index is 1.47. The molecule has 9 heteroatoms. The number of nitrogens with one attached hydrogen (secondary N) is 2. The monoisotopic (exact) mass is 591 g/mol. The number of rotatable bonds is 7. The topological polar surface area (TPSA) is 62.2 Å². The second kappa shape index (κ2) is 11.0. The van der Waals surface area contributed by atoms with Crippen LogP contribution in [0, 0.1) is 19.7 Å². The van der Waals surface area contributed by atoms with E-state index in [1.807, 2.05) is 35.2 Å². The molecule has 1 saturated heterocycles. The lowest BCUT2D eigenvalue weighted by Gasteiger charge is -2.28. The Labute approximate surface area is 235 Å². The van der Waals surface area contributed by atoms with Crippen molar-refractivity contribution >= 4 is 44.9 Å². The Bertz CT molecular complexity index is 1470. The van der Waals surface area contributed by atoms with Gasteiger partial charge in [-0.2, -0.15) is 0 Å². The summed E-state index contributed by atoms with van der Waals surface area (Å²) in [4.78, 5) is 19.4. The molecule has 4 aromatic rings. The third-order valence-electron chi connectivity index (χ3n) is 6.80. The summed E-state index contributed by atoms with van der Waals surface area (Å²) < 4.78 is 17.3. The Morgan fingerprint density at radius 2 is 1.84 bits per heavy atom. The van der Waals surface area contributed by atoms with Crippen molar-refractivity contribution in [2.24, 2.45) is 0 Å². The van der Waals surface area contributed by atoms with Crippen LogP contribution in [0.5, 0.6) is 0 Å². The highest BCUT2D eigenvalue weighted by atomic mass is 79.9. The predicted molar refractivity (Wildman–Crippen MR) is 155 cm³/mol. The van der Waals surface area contributed by atoms with Gasteiger partial charge < -0.3 is 20.1 Å². The molecule has 2 aromatic heterocycles. The molecule has 5 rings (SSSR count). The van der Waals surface area contributed by atoms with Crippen LogP contribution >= 0.6 is 28.1 Å². The standard InChI is InChI=1S/C29H27BrFN5OS/c1-18-17-22(19(2)36(18)21-12-10-20(30)11-13-21)28-27(25-9-5-6-15-32-25)34-29(38)35(28)16-14-26(37)33-24-8-4-3-7-23(24)31/h3-13,15,17,27-28H,14,16H2,1-2H3,(H,33,37)(H,34,38)/t27-,28+/m0/s1. The van der Waals surface area contributed by atoms with Crippen molar-refractivity contribution in [3.05, 3.63) is 112 Å². The summed E-state index contributed by atoms with van der Waals surface area (Å²) in [6.45, 7) is 4.55. The molecule has 2 aromatic carbocycles. The maximum Gasteiger partial charge on any atom is 0.226 e. The molecule has 1 amide bonds. The molecule has 1 aliphatic heterocycles. The highest BCUT2D eigenvalue weighted by Crippen LogP contribution is 2.41. The third-order valence-corrected chi connectivity index (χ3v) is 7.68. The highest BCUT2D eigenvalue weighted by Gasteiger charge is 2.41. The number of para-hydroxylation sites is 1. The van der Waals surface area contributed by atoms with Crippen LogP contribution in [0.2, 0.25) is 0 Å². The molecule has 3 heterocycles. The number of nitrogens with zero attached hydrogens (tertiary/aromatic N) is 3. The first-order valence-electron chi connectivity index (χ1n) is 12.3. The van der Waals surface area contributed by atoms with Gasteiger partial charge in [0.25, 0.3) is 0 Å². The summed E-state index contributed by atoms with van der Waals surface area (Å²) in [5.74, 6) is -0.744. The molecule has 1 aliphatic rings. The van der Waals surface area contributed by atoms with Crippen molar-refractivity contribution in [3.8, 4) is 5.69 Å². The Morgan fingerprint density at radius 1 is 1.11 bits per heavy atom. The number of hydrogen-bond acceptors (Lipinski definition) is 3. The van der Waals surface area contributed by atoms with Crippen molar-refractivity contribution in [3.63, 3.8) is 0 Å². The predicted octanol–water partition coefficient (Wildman–Crippen LogP) is 6.39. The second-order valence-corrected chi connectivity index (χ2v) is 10.5. The second-order valence-electron chi connectivity index (χ2n) is 9.24. The van der Waals surface area contributed by atoms with Crippen LogP contribution in [-0.4, -0.2) is 32.0 Å². The number of thiocarbonyl (C=S) groups is 1. The van der Waals surface area contributed by atoms with Gasteiger partial charge in [0.2, 0.25) is 5.91 Å². The maximum atomic E-state index is 14.1. The van der Waals surface area contributed by atoms with Crippen LogP contribution in [0.15, 0.2) is 83.5 Å². The molecule has 6 nitrogen and oxygen atoms in total. The zero-order valence-electron chi connectivity index (χ0n) is 21.0. The molecule has 0 aliphatic carbocycles. The molecule has 1 fully saturated rings. The maximum absolute atomic E-state index is 14.1. The first kappa shape index (κ1) is 26.1. The minimum atomic E-state index is -0.465. The number of aromatic nitrogens is 2. The average Bonchev–Trinajstić information content (AvgIpc) is 3.39. The molecule has 0 radical (unpaired) electrons. The Hall–Kier alpha value is -3.56. The molecular weight excluding hydrogens is 565 g/mol. The van der Waals surface area contributed by atoms with E-state index in [4.69, 9.17) is 12.2 Å². The average molecular weight is 593 g/mol. The summed E-state index contributed by atoms with van der Waals surface area (Å²) >= 11 is 9.29. The van der Waals surface area contributed by atoms with Crippen molar-refractivity contribution in [2.45, 2.75) is 32.4 Å². The van der Waals surface area contributed by atoms with E-state index in [1.165, 1.54) is 6.07 Å². The minimum absolute atomic E-state index is 0.146. The first-order valence-corrected chi connectivity index (χ1v) is 13.5. The summed E-state index contributed by atoms with van der Waals surface area (Å²) in [7, 11) is 0. The summed E-state index contributed by atoms with van der Waals surface area (Å²) in [6.07, 6.45) is 1.92. The molecule has 2 N–H and O–H groups in total. The van der Waals surface area contributed by atoms with Gasteiger partial charge in [0.1, 0.15) is 5.82 Å². The summed E-state index contributed by atoms with van der Waals surface area (Å²) in [5.41, 5.74) is 5.38. The van der Waals surface area contributed by atoms with E-state index in [2.05, 4.69) is 68.2 Å². The molecule has 38 heavy (non-hydrogen) atoms. The number of anilines is 1. The highest BCUT2D eigenvalue weighted by molar-refractivity contribution is 9.10. The SMILES string of the molecule is Cc1cc([C@@H]2[C@H](c3ccccn3)NC(=S)N2CCC(=O)Nc2ccccc2F)c(C)n1-c1ccc(Br)cc1. The quantitative estimate of drug-likeness (QED) is 0.244. The van der Waals surface area contributed by atoms with Crippen LogP contribution < -0.4 is 10.6 Å². The minimum Gasteiger partial charge on any atom is -0.352 e. The van der Waals surface area contributed by atoms with E-state index in [-0.39, 0.29) is 30.1 Å². The fourth-order valence-electron chi connectivity index (χ4n) is 5.06. The van der Waals surface area contributed by atoms with Gasteiger partial charge in [-0.3, -0.25) is 9.78 Å². The number of pyridine rings is 1. The molecule has 2 atom stereocenters. The zero-order valence-corrected chi connectivity index (χ0v) is 23.4. The third kappa shape index (κ3) is 5.21. The summed E-state index contributed by atoms with van der Waals surface area (Å²) in [5, 5.41) is 6.67. The van der Waals surface area contributed by atoms with Gasteiger partial charge in [-0.1, -0.05) is 34.1 Å². The van der Waals surface area contributed by atoms with E-state index in [9.17, 15) is 9.18 Å². The molecule has 0 spiro atoms. The molecule has 0 saturated carbocycles. The van der Waals surface area contributed by atoms with E-state index < -0.39 is 5.82 Å². The molecular formula is C29H27BrFN5OS. The van der Waals surface area contributed by atoms with Gasteiger partial charge in [-0.25, -0.2) is 4.39 Å². The number of hydrogen-bond donors (Lipinski definition) is 2. The van der Waals surface area contributed by atoms with Crippen LogP contribution in [0.4, 0.5) is 10.1 Å². The van der Waals surface area contributed by atoms with Crippen molar-refractivity contribution in [1.29, 1.82) is 0 Å². The number of amides is 1. The van der Waals surface area contributed by atoms with E-state index >= 15 is 0 Å². The van der Waals surface area contributed by atoms with Gasteiger partial charge in [0.15, 0.2) is 5.11 Å². The summed E-state index contributed by atoms with van der Waals surface area (Å²) in [6, 6.07) is 22.0. The zero-order chi connectivity index (χ0) is 26.8. The number of carbonyl (C=O) groups excluding carboxylic acids is 1. The fourth-order valence-corrected chi connectivity index (χ4v) is 5.65. The van der Waals surface area contributed by atoms with Crippen LogP contribution in [0.1, 0.15) is 41.1 Å². The van der Waals surface area contributed by atoms with E-state index in [1.54, 1.807) is 24.4 Å². The number of aryl methyl sites for hydroxylation is 1. The smallest absolute Gasteiger partial charge is 0.226 e. The van der Waals surface area contributed by atoms with Crippen molar-refractivity contribution in [2.75, 3.05) is 11.9 Å². The van der Waals surface area contributed by atoms with Gasteiger partial charge in [-0.05, 0) is 86.2 Å².